The molecule has 2 nitrogen and oxygen atoms in total. The molecule has 0 bridgehead atoms. The quantitative estimate of drug-likeness (QED) is 0.740. The highest BCUT2D eigenvalue weighted by atomic mass is 16.1. The van der Waals surface area contributed by atoms with Crippen molar-refractivity contribution >= 4 is 11.5 Å². The van der Waals surface area contributed by atoms with E-state index >= 15 is 0 Å². The summed E-state index contributed by atoms with van der Waals surface area (Å²) < 4.78 is 0. The molecule has 0 fully saturated rings. The van der Waals surface area contributed by atoms with E-state index in [0.717, 1.165) is 32.4 Å². The minimum atomic E-state index is 0.310. The van der Waals surface area contributed by atoms with Crippen LogP contribution in [0.15, 0.2) is 18.2 Å². The van der Waals surface area contributed by atoms with Crippen LogP contribution in [0.4, 0.5) is 5.69 Å². The fraction of sp³-hybridized carbons (Fsp3) is 0.562. The number of benzene rings is 1. The maximum Gasteiger partial charge on any atom is 0.129 e. The second-order valence-electron chi connectivity index (χ2n) is 5.38. The normalized spacial score (nSPS) is 14.4. The van der Waals surface area contributed by atoms with Gasteiger partial charge < -0.3 is 9.69 Å². The van der Waals surface area contributed by atoms with Gasteiger partial charge in [0.15, 0.2) is 0 Å². The van der Waals surface area contributed by atoms with Crippen LogP contribution in [0.5, 0.6) is 0 Å². The molecule has 0 unspecified atom stereocenters. The summed E-state index contributed by atoms with van der Waals surface area (Å²) in [6.07, 6.45) is 5.33. The van der Waals surface area contributed by atoms with Crippen molar-refractivity contribution in [1.82, 2.24) is 0 Å². The SMILES string of the molecule is CC(=O)CCCCN1CCCc2cc(C)ccc21. The number of rotatable bonds is 5. The van der Waals surface area contributed by atoms with Crippen LogP contribution < -0.4 is 4.90 Å². The van der Waals surface area contributed by atoms with E-state index in [-0.39, 0.29) is 0 Å². The van der Waals surface area contributed by atoms with Gasteiger partial charge in [-0.2, -0.15) is 0 Å². The number of carbonyl (C=O) groups is 1. The number of fused-ring (bicyclic) bond motifs is 1. The molecule has 0 saturated heterocycles. The number of anilines is 1. The van der Waals surface area contributed by atoms with E-state index in [1.165, 1.54) is 29.7 Å². The molecule has 1 heterocycles. The van der Waals surface area contributed by atoms with Crippen LogP contribution >= 0.6 is 0 Å². The molecule has 1 aliphatic rings. The van der Waals surface area contributed by atoms with E-state index in [2.05, 4.69) is 30.0 Å². The van der Waals surface area contributed by atoms with Gasteiger partial charge in [-0.3, -0.25) is 0 Å². The van der Waals surface area contributed by atoms with Crippen molar-refractivity contribution in [2.75, 3.05) is 18.0 Å². The van der Waals surface area contributed by atoms with Crippen molar-refractivity contribution in [2.24, 2.45) is 0 Å². The zero-order valence-electron chi connectivity index (χ0n) is 11.5. The molecular weight excluding hydrogens is 222 g/mol. The van der Waals surface area contributed by atoms with Gasteiger partial charge in [0.1, 0.15) is 5.78 Å². The summed E-state index contributed by atoms with van der Waals surface area (Å²) >= 11 is 0. The maximum absolute atomic E-state index is 10.9. The molecule has 0 N–H and O–H groups in total. The lowest BCUT2D eigenvalue weighted by atomic mass is 9.99. The first-order valence-electron chi connectivity index (χ1n) is 7.01. The molecule has 0 aromatic heterocycles. The number of nitrogens with zero attached hydrogens (tertiary/aromatic N) is 1. The third-order valence-electron chi connectivity index (χ3n) is 3.66. The van der Waals surface area contributed by atoms with Gasteiger partial charge in [0, 0.05) is 25.2 Å². The molecular formula is C16H23NO. The Balaban J connectivity index is 1.93. The molecule has 0 radical (unpaired) electrons. The number of Topliss-reactive ketones (excluding diaryl/α,β-unsaturated/α-hetero) is 1. The summed E-state index contributed by atoms with van der Waals surface area (Å²) in [5, 5.41) is 0. The number of aryl methyl sites for hydroxylation is 2. The van der Waals surface area contributed by atoms with E-state index < -0.39 is 0 Å². The van der Waals surface area contributed by atoms with E-state index in [1.54, 1.807) is 6.92 Å². The average Bonchev–Trinajstić information content (AvgIpc) is 2.34. The number of ketones is 1. The number of hydrogen-bond acceptors (Lipinski definition) is 2. The highest BCUT2D eigenvalue weighted by molar-refractivity contribution is 5.75. The second-order valence-corrected chi connectivity index (χ2v) is 5.38. The molecule has 0 atom stereocenters. The fourth-order valence-corrected chi connectivity index (χ4v) is 2.71. The highest BCUT2D eigenvalue weighted by Gasteiger charge is 2.15. The first kappa shape index (κ1) is 13.1. The molecule has 0 saturated carbocycles. The fourth-order valence-electron chi connectivity index (χ4n) is 2.71. The van der Waals surface area contributed by atoms with Crippen molar-refractivity contribution in [3.8, 4) is 0 Å². The summed E-state index contributed by atoms with van der Waals surface area (Å²) in [4.78, 5) is 13.4. The minimum absolute atomic E-state index is 0.310. The molecule has 2 heteroatoms. The Morgan fingerprint density at radius 3 is 2.94 bits per heavy atom. The summed E-state index contributed by atoms with van der Waals surface area (Å²) in [7, 11) is 0. The van der Waals surface area contributed by atoms with Crippen LogP contribution in [0, 0.1) is 6.92 Å². The average molecular weight is 245 g/mol. The smallest absolute Gasteiger partial charge is 0.129 e. The molecule has 2 rings (SSSR count). The topological polar surface area (TPSA) is 20.3 Å². The Morgan fingerprint density at radius 1 is 1.33 bits per heavy atom. The molecule has 18 heavy (non-hydrogen) atoms. The summed E-state index contributed by atoms with van der Waals surface area (Å²) in [5.41, 5.74) is 4.26. The van der Waals surface area contributed by atoms with Gasteiger partial charge in [0.2, 0.25) is 0 Å². The van der Waals surface area contributed by atoms with Gasteiger partial charge >= 0.3 is 0 Å². The van der Waals surface area contributed by atoms with E-state index in [1.807, 2.05) is 0 Å². The lowest BCUT2D eigenvalue weighted by molar-refractivity contribution is -0.117. The Bertz CT molecular complexity index is 425. The summed E-state index contributed by atoms with van der Waals surface area (Å²) in [5.74, 6) is 0.310. The van der Waals surface area contributed by atoms with Gasteiger partial charge in [-0.15, -0.1) is 0 Å². The van der Waals surface area contributed by atoms with Gasteiger partial charge in [-0.25, -0.2) is 0 Å². The van der Waals surface area contributed by atoms with Gasteiger partial charge in [-0.1, -0.05) is 17.7 Å². The van der Waals surface area contributed by atoms with Crippen molar-refractivity contribution < 1.29 is 4.79 Å². The van der Waals surface area contributed by atoms with Crippen LogP contribution in [-0.2, 0) is 11.2 Å². The minimum Gasteiger partial charge on any atom is -0.371 e. The molecule has 1 aliphatic heterocycles. The van der Waals surface area contributed by atoms with Crippen LogP contribution in [0.3, 0.4) is 0 Å². The van der Waals surface area contributed by atoms with Gasteiger partial charge in [0.05, 0.1) is 0 Å². The Kier molecular flexibility index (Phi) is 4.40. The standard InChI is InChI=1S/C16H23NO/c1-13-8-9-16-15(12-13)7-5-11-17(16)10-4-3-6-14(2)18/h8-9,12H,3-7,10-11H2,1-2H3. The molecule has 98 valence electrons. The Morgan fingerprint density at radius 2 is 2.17 bits per heavy atom. The van der Waals surface area contributed by atoms with Crippen LogP contribution in [0.25, 0.3) is 0 Å². The second kappa shape index (κ2) is 6.03. The predicted molar refractivity (Wildman–Crippen MR) is 76.2 cm³/mol. The van der Waals surface area contributed by atoms with Crippen molar-refractivity contribution in [3.63, 3.8) is 0 Å². The third kappa shape index (κ3) is 3.34. The van der Waals surface area contributed by atoms with Crippen molar-refractivity contribution in [1.29, 1.82) is 0 Å². The van der Waals surface area contributed by atoms with E-state index in [4.69, 9.17) is 0 Å². The Hall–Kier alpha value is -1.31. The van der Waals surface area contributed by atoms with E-state index in [9.17, 15) is 4.79 Å². The molecule has 0 amide bonds. The number of carbonyl (C=O) groups excluding carboxylic acids is 1. The van der Waals surface area contributed by atoms with Crippen LogP contribution in [0.2, 0.25) is 0 Å². The summed E-state index contributed by atoms with van der Waals surface area (Å²) in [6.45, 7) is 6.09. The van der Waals surface area contributed by atoms with Gasteiger partial charge in [-0.05, 0) is 51.2 Å². The maximum atomic E-state index is 10.9. The Labute approximate surface area is 110 Å². The lowest BCUT2D eigenvalue weighted by Crippen LogP contribution is -2.30. The first-order valence-corrected chi connectivity index (χ1v) is 7.01. The molecule has 1 aromatic rings. The van der Waals surface area contributed by atoms with Crippen molar-refractivity contribution in [2.45, 2.75) is 46.0 Å². The highest BCUT2D eigenvalue weighted by Crippen LogP contribution is 2.28. The van der Waals surface area contributed by atoms with Crippen LogP contribution in [0.1, 0.15) is 43.7 Å². The third-order valence-corrected chi connectivity index (χ3v) is 3.66. The number of unbranched alkanes of at least 4 members (excludes halogenated alkanes) is 1. The zero-order valence-corrected chi connectivity index (χ0v) is 11.5. The lowest BCUT2D eigenvalue weighted by Gasteiger charge is -2.31. The molecule has 0 spiro atoms. The first-order chi connectivity index (χ1) is 8.66. The molecule has 0 aliphatic carbocycles. The predicted octanol–water partition coefficient (Wildman–Crippen LogP) is 3.51. The zero-order chi connectivity index (χ0) is 13.0. The van der Waals surface area contributed by atoms with E-state index in [0.29, 0.717) is 5.78 Å². The van der Waals surface area contributed by atoms with Crippen molar-refractivity contribution in [3.05, 3.63) is 29.3 Å². The summed E-state index contributed by atoms with van der Waals surface area (Å²) in [6, 6.07) is 6.78. The van der Waals surface area contributed by atoms with Gasteiger partial charge in [0.25, 0.3) is 0 Å². The number of hydrogen-bond donors (Lipinski definition) is 0. The molecule has 1 aromatic carbocycles. The monoisotopic (exact) mass is 245 g/mol. The van der Waals surface area contributed by atoms with Crippen LogP contribution in [-0.4, -0.2) is 18.9 Å². The largest absolute Gasteiger partial charge is 0.371 e.